The first-order chi connectivity index (χ1) is 16.2. The molecule has 9 nitrogen and oxygen atoms in total. The number of nitrogens with one attached hydrogen (secondary N) is 2. The van der Waals surface area contributed by atoms with Gasteiger partial charge in [0.1, 0.15) is 11.4 Å². The van der Waals surface area contributed by atoms with Gasteiger partial charge < -0.3 is 30.5 Å². The number of halogens is 3. The van der Waals surface area contributed by atoms with Crippen molar-refractivity contribution in [2.45, 2.75) is 51.1 Å². The van der Waals surface area contributed by atoms with Gasteiger partial charge in [0, 0.05) is 17.7 Å². The molecule has 0 radical (unpaired) electrons. The molecule has 2 aromatic rings. The average Bonchev–Trinajstić information content (AvgIpc) is 3.45. The first-order valence-electron chi connectivity index (χ1n) is 10.9. The summed E-state index contributed by atoms with van der Waals surface area (Å²) in [7, 11) is 2.19. The smallest absolute Gasteiger partial charge is 0.406 e. The number of primary amides is 1. The summed E-state index contributed by atoms with van der Waals surface area (Å²) in [6, 6.07) is 6.90. The van der Waals surface area contributed by atoms with Crippen LogP contribution < -0.4 is 21.1 Å². The third kappa shape index (κ3) is 11.0. The van der Waals surface area contributed by atoms with Crippen LogP contribution in [0.25, 0.3) is 11.3 Å². The summed E-state index contributed by atoms with van der Waals surface area (Å²) in [5, 5.41) is 9.17. The van der Waals surface area contributed by atoms with Gasteiger partial charge in [0.2, 0.25) is 6.41 Å². The van der Waals surface area contributed by atoms with Crippen molar-refractivity contribution in [2.24, 2.45) is 5.73 Å². The number of rotatable bonds is 5. The largest absolute Gasteiger partial charge is 0.573 e. The Morgan fingerprint density at radius 1 is 1.26 bits per heavy atom. The zero-order chi connectivity index (χ0) is 25.0. The predicted octanol–water partition coefficient (Wildman–Crippen LogP) is 3.41. The number of likely N-dealkylation sites (tertiary alicyclic amines) is 1. The maximum absolute atomic E-state index is 12.2. The number of nitrogens with zero attached hydrogens (tertiary/aromatic N) is 2. The summed E-state index contributed by atoms with van der Waals surface area (Å²) in [6.45, 7) is 2.77. The highest BCUT2D eigenvalue weighted by atomic mass is 19.4. The second-order valence-corrected chi connectivity index (χ2v) is 7.86. The van der Waals surface area contributed by atoms with Gasteiger partial charge in [-0.2, -0.15) is 0 Å². The molecule has 1 aromatic carbocycles. The SMILES string of the molecule is CN1CCCCC1.NC=O.O=C(NCc1cc(-c2cccc(OC(F)(F)F)c2)no1)NC1CC1. The molecule has 0 atom stereocenters. The number of nitrogens with two attached hydrogens (primary N) is 1. The fraction of sp³-hybridized carbons (Fsp3) is 0.500. The topological polar surface area (TPSA) is 123 Å². The summed E-state index contributed by atoms with van der Waals surface area (Å²) in [4.78, 5) is 22.5. The molecule has 12 heteroatoms. The van der Waals surface area contributed by atoms with E-state index in [0.29, 0.717) is 17.0 Å². The fourth-order valence-corrected chi connectivity index (χ4v) is 3.07. The van der Waals surface area contributed by atoms with Crippen molar-refractivity contribution in [1.29, 1.82) is 0 Å². The maximum Gasteiger partial charge on any atom is 0.573 e. The van der Waals surface area contributed by atoms with Gasteiger partial charge in [0.05, 0.1) is 6.54 Å². The number of carbonyl (C=O) groups excluding carboxylic acids is 2. The van der Waals surface area contributed by atoms with Gasteiger partial charge >= 0.3 is 12.4 Å². The zero-order valence-electron chi connectivity index (χ0n) is 18.9. The van der Waals surface area contributed by atoms with Crippen molar-refractivity contribution in [3.05, 3.63) is 36.1 Å². The fourth-order valence-electron chi connectivity index (χ4n) is 3.07. The van der Waals surface area contributed by atoms with E-state index in [2.05, 4.69) is 38.2 Å². The highest BCUT2D eigenvalue weighted by Gasteiger charge is 2.31. The van der Waals surface area contributed by atoms with Crippen molar-refractivity contribution < 1.29 is 32.0 Å². The maximum atomic E-state index is 12.2. The number of benzene rings is 1. The van der Waals surface area contributed by atoms with Crippen molar-refractivity contribution in [3.63, 3.8) is 0 Å². The van der Waals surface area contributed by atoms with Gasteiger partial charge in [-0.15, -0.1) is 13.2 Å². The second kappa shape index (κ2) is 13.4. The number of piperidine rings is 1. The number of hydrogen-bond acceptors (Lipinski definition) is 6. The number of alkyl halides is 3. The lowest BCUT2D eigenvalue weighted by atomic mass is 10.1. The zero-order valence-corrected chi connectivity index (χ0v) is 18.9. The molecule has 1 aliphatic heterocycles. The Morgan fingerprint density at radius 3 is 2.50 bits per heavy atom. The molecular formula is C22H30F3N5O4. The van der Waals surface area contributed by atoms with Crippen LogP contribution in [0.5, 0.6) is 5.75 Å². The minimum Gasteiger partial charge on any atom is -0.406 e. The molecule has 1 aromatic heterocycles. The Balaban J connectivity index is 0.000000341. The van der Waals surface area contributed by atoms with Crippen LogP contribution >= 0.6 is 0 Å². The Bertz CT molecular complexity index is 897. The highest BCUT2D eigenvalue weighted by Crippen LogP contribution is 2.27. The molecule has 0 spiro atoms. The molecule has 0 bridgehead atoms. The summed E-state index contributed by atoms with van der Waals surface area (Å²) in [6.07, 6.45) is 1.73. The van der Waals surface area contributed by atoms with Gasteiger partial charge in [-0.3, -0.25) is 4.79 Å². The van der Waals surface area contributed by atoms with E-state index in [-0.39, 0.29) is 30.8 Å². The van der Waals surface area contributed by atoms with Gasteiger partial charge in [0.15, 0.2) is 5.76 Å². The standard InChI is InChI=1S/C15H14F3N3O3.C6H13N.CH3NO/c16-15(17,18)23-11-3-1-2-9(6-11)13-7-12(24-21-13)8-19-14(22)20-10-4-5-10;1-7-5-3-2-4-6-7;2-1-3/h1-3,6-7,10H,4-5,8H2,(H2,19,20,22);2-6H2,1H3;1H,(H2,2,3). The quantitative estimate of drug-likeness (QED) is 0.558. The van der Waals surface area contributed by atoms with Crippen LogP contribution in [-0.2, 0) is 11.3 Å². The Hall–Kier alpha value is -3.28. The molecule has 1 saturated heterocycles. The molecule has 2 heterocycles. The normalized spacial score (nSPS) is 15.6. The second-order valence-electron chi connectivity index (χ2n) is 7.86. The summed E-state index contributed by atoms with van der Waals surface area (Å²) in [5.74, 6) is 0.0459. The van der Waals surface area contributed by atoms with Crippen LogP contribution in [-0.4, -0.2) is 55.0 Å². The monoisotopic (exact) mass is 485 g/mol. The van der Waals surface area contributed by atoms with E-state index >= 15 is 0 Å². The van der Waals surface area contributed by atoms with Crippen molar-refractivity contribution in [2.75, 3.05) is 20.1 Å². The Labute approximate surface area is 195 Å². The van der Waals surface area contributed by atoms with E-state index in [9.17, 15) is 18.0 Å². The molecule has 1 saturated carbocycles. The number of urea groups is 1. The van der Waals surface area contributed by atoms with E-state index in [1.54, 1.807) is 12.1 Å². The molecule has 4 N–H and O–H groups in total. The Morgan fingerprint density at radius 2 is 1.94 bits per heavy atom. The lowest BCUT2D eigenvalue weighted by molar-refractivity contribution is -0.274. The van der Waals surface area contributed by atoms with Crippen molar-refractivity contribution in [3.8, 4) is 17.0 Å². The van der Waals surface area contributed by atoms with Crippen LogP contribution in [0.15, 0.2) is 34.9 Å². The lowest BCUT2D eigenvalue weighted by Crippen LogP contribution is -2.36. The summed E-state index contributed by atoms with van der Waals surface area (Å²) >= 11 is 0. The van der Waals surface area contributed by atoms with E-state index < -0.39 is 6.36 Å². The molecule has 3 amide bonds. The third-order valence-corrected chi connectivity index (χ3v) is 4.84. The first-order valence-corrected chi connectivity index (χ1v) is 10.9. The van der Waals surface area contributed by atoms with Crippen LogP contribution in [0.1, 0.15) is 37.9 Å². The third-order valence-electron chi connectivity index (χ3n) is 4.84. The van der Waals surface area contributed by atoms with E-state index in [4.69, 9.17) is 9.32 Å². The predicted molar refractivity (Wildman–Crippen MR) is 119 cm³/mol. The number of ether oxygens (including phenoxy) is 1. The minimum absolute atomic E-state index is 0.129. The average molecular weight is 486 g/mol. The number of aromatic nitrogens is 1. The molecule has 34 heavy (non-hydrogen) atoms. The molecule has 0 unspecified atom stereocenters. The van der Waals surface area contributed by atoms with E-state index in [1.807, 2.05) is 0 Å². The molecule has 188 valence electrons. The molecular weight excluding hydrogens is 455 g/mol. The number of amides is 3. The Kier molecular flexibility index (Phi) is 10.7. The van der Waals surface area contributed by atoms with Gasteiger partial charge in [-0.1, -0.05) is 23.7 Å². The number of hydrogen-bond donors (Lipinski definition) is 3. The van der Waals surface area contributed by atoms with E-state index in [0.717, 1.165) is 12.8 Å². The molecule has 2 fully saturated rings. The van der Waals surface area contributed by atoms with E-state index in [1.165, 1.54) is 50.6 Å². The lowest BCUT2D eigenvalue weighted by Gasteiger charge is -2.20. The van der Waals surface area contributed by atoms with Crippen LogP contribution in [0.2, 0.25) is 0 Å². The van der Waals surface area contributed by atoms with Crippen molar-refractivity contribution in [1.82, 2.24) is 20.7 Å². The van der Waals surface area contributed by atoms with Gasteiger partial charge in [0.25, 0.3) is 0 Å². The van der Waals surface area contributed by atoms with Gasteiger partial charge in [-0.05, 0) is 58.0 Å². The first kappa shape index (κ1) is 27.0. The van der Waals surface area contributed by atoms with Crippen LogP contribution in [0.4, 0.5) is 18.0 Å². The van der Waals surface area contributed by atoms with Crippen LogP contribution in [0, 0.1) is 0 Å². The summed E-state index contributed by atoms with van der Waals surface area (Å²) < 4.78 is 45.7. The molecule has 2 aliphatic rings. The van der Waals surface area contributed by atoms with Gasteiger partial charge in [-0.25, -0.2) is 4.79 Å². The van der Waals surface area contributed by atoms with Crippen LogP contribution in [0.3, 0.4) is 0 Å². The van der Waals surface area contributed by atoms with Crippen molar-refractivity contribution >= 4 is 12.4 Å². The summed E-state index contributed by atoms with van der Waals surface area (Å²) in [5.41, 5.74) is 4.93. The molecule has 1 aliphatic carbocycles. The highest BCUT2D eigenvalue weighted by molar-refractivity contribution is 5.74. The molecule has 4 rings (SSSR count). The number of carbonyl (C=O) groups is 2. The minimum atomic E-state index is -4.76.